The number of fused-ring (bicyclic) bond motifs is 1. The van der Waals surface area contributed by atoms with Gasteiger partial charge in [-0.3, -0.25) is 0 Å². The monoisotopic (exact) mass is 522 g/mol. The smallest absolute Gasteiger partial charge is 0.405 e. The molecular formula is C35H35BN4. The van der Waals surface area contributed by atoms with Crippen LogP contribution in [0.1, 0.15) is 59.6 Å². The molecule has 40 heavy (non-hydrogen) atoms. The lowest BCUT2D eigenvalue weighted by Crippen LogP contribution is -2.58. The first-order chi connectivity index (χ1) is 19.5. The van der Waals surface area contributed by atoms with Gasteiger partial charge in [0.05, 0.1) is 12.1 Å². The number of hydrogen-bond donors (Lipinski definition) is 1. The topological polar surface area (TPSA) is 62.9 Å². The summed E-state index contributed by atoms with van der Waals surface area (Å²) in [6, 6.07) is 28.6. The van der Waals surface area contributed by atoms with E-state index in [2.05, 4.69) is 110 Å². The van der Waals surface area contributed by atoms with Gasteiger partial charge in [0.15, 0.2) is 5.41 Å². The van der Waals surface area contributed by atoms with E-state index < -0.39 is 5.41 Å². The highest BCUT2D eigenvalue weighted by Crippen LogP contribution is 2.42. The van der Waals surface area contributed by atoms with Gasteiger partial charge in [0.1, 0.15) is 0 Å². The Morgan fingerprint density at radius 3 is 2.27 bits per heavy atom. The molecule has 198 valence electrons. The van der Waals surface area contributed by atoms with Gasteiger partial charge >= 0.3 is 6.98 Å². The Hall–Kier alpha value is -4.22. The van der Waals surface area contributed by atoms with Crippen LogP contribution in [0.3, 0.4) is 0 Å². The van der Waals surface area contributed by atoms with Crippen molar-refractivity contribution in [2.75, 3.05) is 10.0 Å². The predicted molar refractivity (Wildman–Crippen MR) is 166 cm³/mol. The van der Waals surface area contributed by atoms with Gasteiger partial charge in [0, 0.05) is 36.1 Å². The second-order valence-electron chi connectivity index (χ2n) is 11.6. The maximum atomic E-state index is 10.0. The first-order valence-electron chi connectivity index (χ1n) is 14.5. The fraction of sp³-hybridized carbons (Fsp3) is 0.314. The molecule has 5 heteroatoms. The van der Waals surface area contributed by atoms with E-state index >= 15 is 0 Å². The molecule has 0 unspecified atom stereocenters. The van der Waals surface area contributed by atoms with Crippen molar-refractivity contribution in [3.05, 3.63) is 100 Å². The Bertz CT molecular complexity index is 1660. The molecule has 6 rings (SSSR count). The summed E-state index contributed by atoms with van der Waals surface area (Å²) in [6.45, 7) is 7.41. The van der Waals surface area contributed by atoms with Crippen LogP contribution >= 0.6 is 0 Å². The van der Waals surface area contributed by atoms with Gasteiger partial charge in [0.2, 0.25) is 0 Å². The summed E-state index contributed by atoms with van der Waals surface area (Å²) in [7, 11) is 0. The molecular weight excluding hydrogens is 487 g/mol. The molecule has 4 nitrogen and oxygen atoms in total. The normalized spacial score (nSPS) is 14.9. The Balaban J connectivity index is 1.57. The summed E-state index contributed by atoms with van der Waals surface area (Å²) in [4.78, 5) is 2.53. The third kappa shape index (κ3) is 4.22. The van der Waals surface area contributed by atoms with Crippen LogP contribution in [0.25, 0.3) is 10.8 Å². The van der Waals surface area contributed by atoms with Crippen molar-refractivity contribution in [3.63, 3.8) is 0 Å². The third-order valence-corrected chi connectivity index (χ3v) is 9.13. The second kappa shape index (κ2) is 10.4. The van der Waals surface area contributed by atoms with Crippen molar-refractivity contribution in [2.45, 2.75) is 65.8 Å². The Kier molecular flexibility index (Phi) is 6.77. The van der Waals surface area contributed by atoms with Crippen LogP contribution in [-0.2, 0) is 25.8 Å². The molecule has 0 saturated heterocycles. The average molecular weight is 523 g/mol. The summed E-state index contributed by atoms with van der Waals surface area (Å²) in [5.41, 5.74) is 10.3. The molecule has 0 atom stereocenters. The van der Waals surface area contributed by atoms with E-state index in [1.54, 1.807) is 0 Å². The van der Waals surface area contributed by atoms with E-state index in [0.717, 1.165) is 25.1 Å². The molecule has 0 fully saturated rings. The molecule has 0 saturated carbocycles. The van der Waals surface area contributed by atoms with Gasteiger partial charge in [-0.05, 0) is 83.1 Å². The number of unbranched alkanes of at least 4 members (excludes halogenated alkanes) is 2. The molecule has 4 aromatic carbocycles. The van der Waals surface area contributed by atoms with Gasteiger partial charge in [-0.2, -0.15) is 10.5 Å². The summed E-state index contributed by atoms with van der Waals surface area (Å²) in [5, 5.41) is 26.6. The van der Waals surface area contributed by atoms with Crippen LogP contribution in [0.5, 0.6) is 0 Å². The number of rotatable bonds is 7. The van der Waals surface area contributed by atoms with E-state index in [4.69, 9.17) is 0 Å². The minimum Gasteiger partial charge on any atom is -0.405 e. The first-order valence-corrected chi connectivity index (χ1v) is 14.5. The molecule has 0 amide bonds. The lowest BCUT2D eigenvalue weighted by Gasteiger charge is -2.40. The zero-order chi connectivity index (χ0) is 27.9. The maximum absolute atomic E-state index is 10.0. The summed E-state index contributed by atoms with van der Waals surface area (Å²) < 4.78 is 0. The van der Waals surface area contributed by atoms with E-state index in [9.17, 15) is 10.5 Å². The molecule has 0 radical (unpaired) electrons. The van der Waals surface area contributed by atoms with Gasteiger partial charge < -0.3 is 10.0 Å². The quantitative estimate of drug-likeness (QED) is 0.207. The molecule has 1 aliphatic heterocycles. The van der Waals surface area contributed by atoms with E-state index in [0.29, 0.717) is 12.8 Å². The van der Waals surface area contributed by atoms with Crippen LogP contribution < -0.4 is 15.5 Å². The summed E-state index contributed by atoms with van der Waals surface area (Å²) >= 11 is 0. The zero-order valence-corrected chi connectivity index (χ0v) is 23.7. The highest BCUT2D eigenvalue weighted by molar-refractivity contribution is 6.81. The van der Waals surface area contributed by atoms with Crippen molar-refractivity contribution in [1.82, 2.24) is 0 Å². The summed E-state index contributed by atoms with van der Waals surface area (Å²) in [6.07, 6.45) is 5.50. The molecule has 4 aromatic rings. The van der Waals surface area contributed by atoms with Crippen molar-refractivity contribution in [3.8, 4) is 12.1 Å². The minimum atomic E-state index is -0.973. The van der Waals surface area contributed by atoms with Gasteiger partial charge in [-0.25, -0.2) is 0 Å². The highest BCUT2D eigenvalue weighted by Gasteiger charge is 2.43. The highest BCUT2D eigenvalue weighted by atomic mass is 15.2. The van der Waals surface area contributed by atoms with E-state index in [1.165, 1.54) is 68.1 Å². The van der Waals surface area contributed by atoms with Crippen molar-refractivity contribution >= 4 is 34.6 Å². The first kappa shape index (κ1) is 26.0. The Morgan fingerprint density at radius 1 is 0.875 bits per heavy atom. The third-order valence-electron chi connectivity index (χ3n) is 9.13. The van der Waals surface area contributed by atoms with Gasteiger partial charge in [-0.15, -0.1) is 0 Å². The molecule has 1 heterocycles. The van der Waals surface area contributed by atoms with E-state index in [1.807, 2.05) is 0 Å². The van der Waals surface area contributed by atoms with Gasteiger partial charge in [0.25, 0.3) is 0 Å². The number of hydrogen-bond acceptors (Lipinski definition) is 4. The number of nitrogens with one attached hydrogen (secondary N) is 1. The molecule has 0 spiro atoms. The van der Waals surface area contributed by atoms with Crippen LogP contribution in [0.2, 0.25) is 0 Å². The largest absolute Gasteiger partial charge is 0.409 e. The number of nitrogens with zero attached hydrogens (tertiary/aromatic N) is 3. The van der Waals surface area contributed by atoms with Crippen molar-refractivity contribution < 1.29 is 0 Å². The van der Waals surface area contributed by atoms with Crippen LogP contribution in [0.4, 0.5) is 11.4 Å². The fourth-order valence-electron chi connectivity index (χ4n) is 7.03. The minimum absolute atomic E-state index is 0.0690. The Labute approximate surface area is 238 Å². The SMILES string of the molecule is CCCCCc1c(C)c2c(c(C)c1B1Nc3cccc4cccc(c34)N1Cc1ccccc1)CC(C#N)(C#N)C2. The van der Waals surface area contributed by atoms with E-state index in [-0.39, 0.29) is 6.98 Å². The lowest BCUT2D eigenvalue weighted by atomic mass is 9.58. The standard InChI is InChI=1S/C35H35BN4/c1-4-5-7-16-28-24(2)29-19-35(22-37,23-38)20-30(29)25(3)34(28)36-39-31-17-10-14-27-15-11-18-32(33(27)31)40(36)21-26-12-8-6-9-13-26/h6,8-15,17-18,39H,4-5,7,16,19-21H2,1-3H3. The van der Waals surface area contributed by atoms with Crippen LogP contribution in [-0.4, -0.2) is 6.98 Å². The maximum Gasteiger partial charge on any atom is 0.409 e. The number of anilines is 2. The van der Waals surface area contributed by atoms with Crippen LogP contribution in [0.15, 0.2) is 66.7 Å². The lowest BCUT2D eigenvalue weighted by molar-refractivity contribution is 0.559. The fourth-order valence-corrected chi connectivity index (χ4v) is 7.03. The van der Waals surface area contributed by atoms with Crippen molar-refractivity contribution in [2.24, 2.45) is 5.41 Å². The molecule has 1 aliphatic carbocycles. The van der Waals surface area contributed by atoms with Gasteiger partial charge in [-0.1, -0.05) is 74.4 Å². The summed E-state index contributed by atoms with van der Waals surface area (Å²) in [5.74, 6) is 0. The molecule has 1 N–H and O–H groups in total. The number of nitriles is 2. The van der Waals surface area contributed by atoms with Crippen LogP contribution in [0, 0.1) is 41.9 Å². The number of benzene rings is 4. The zero-order valence-electron chi connectivity index (χ0n) is 23.7. The predicted octanol–water partition coefficient (Wildman–Crippen LogP) is 7.15. The average Bonchev–Trinajstić information content (AvgIpc) is 3.39. The second-order valence-corrected chi connectivity index (χ2v) is 11.6. The van der Waals surface area contributed by atoms with Crippen molar-refractivity contribution in [1.29, 1.82) is 10.5 Å². The molecule has 0 bridgehead atoms. The Morgan fingerprint density at radius 2 is 1.57 bits per heavy atom. The molecule has 0 aromatic heterocycles. The molecule has 2 aliphatic rings.